The molecule has 0 unspecified atom stereocenters. The number of amides is 1. The summed E-state index contributed by atoms with van der Waals surface area (Å²) in [4.78, 5) is 24.5. The quantitative estimate of drug-likeness (QED) is 0.700. The molecule has 2 aliphatic rings. The molecular weight excluding hydrogens is 350 g/mol. The number of fused-ring (bicyclic) bond motifs is 5. The fraction of sp³-hybridized carbons (Fsp3) is 0.389. The van der Waals surface area contributed by atoms with Crippen LogP contribution in [0.4, 0.5) is 0 Å². The monoisotopic (exact) mass is 369 g/mol. The molecule has 0 saturated carbocycles. The largest absolute Gasteiger partial charge is 0.438 e. The van der Waals surface area contributed by atoms with Crippen molar-refractivity contribution in [2.24, 2.45) is 0 Å². The van der Waals surface area contributed by atoms with Crippen molar-refractivity contribution in [3.8, 4) is 17.3 Å². The predicted octanol–water partition coefficient (Wildman–Crippen LogP) is 2.99. The van der Waals surface area contributed by atoms with Crippen LogP contribution in [0.3, 0.4) is 0 Å². The molecule has 1 atom stereocenters. The maximum absolute atomic E-state index is 12.8. The second kappa shape index (κ2) is 6.07. The van der Waals surface area contributed by atoms with Crippen molar-refractivity contribution in [3.63, 3.8) is 0 Å². The van der Waals surface area contributed by atoms with Gasteiger partial charge in [-0.15, -0.1) is 11.3 Å². The number of thiophene rings is 1. The molecule has 0 bridgehead atoms. The molecule has 1 N–H and O–H groups in total. The Hall–Kier alpha value is -2.45. The lowest BCUT2D eigenvalue weighted by atomic mass is 9.98. The molecule has 2 aliphatic heterocycles. The third-order valence-corrected chi connectivity index (χ3v) is 5.87. The van der Waals surface area contributed by atoms with Crippen LogP contribution in [0.5, 0.6) is 0 Å². The van der Waals surface area contributed by atoms with Crippen molar-refractivity contribution in [1.82, 2.24) is 24.8 Å². The van der Waals surface area contributed by atoms with Gasteiger partial charge >= 0.3 is 0 Å². The van der Waals surface area contributed by atoms with E-state index in [0.29, 0.717) is 12.4 Å². The van der Waals surface area contributed by atoms with Gasteiger partial charge in [-0.05, 0) is 30.8 Å². The summed E-state index contributed by atoms with van der Waals surface area (Å²) in [6.07, 6.45) is 5.54. The summed E-state index contributed by atoms with van der Waals surface area (Å²) in [6.45, 7) is 4.50. The van der Waals surface area contributed by atoms with Gasteiger partial charge in [-0.3, -0.25) is 9.36 Å². The van der Waals surface area contributed by atoms with Crippen LogP contribution in [-0.2, 0) is 6.54 Å². The van der Waals surface area contributed by atoms with Gasteiger partial charge in [-0.2, -0.15) is 0 Å². The van der Waals surface area contributed by atoms with E-state index in [0.717, 1.165) is 53.6 Å². The normalized spacial score (nSPS) is 18.1. The van der Waals surface area contributed by atoms with Crippen LogP contribution in [-0.4, -0.2) is 38.4 Å². The van der Waals surface area contributed by atoms with Crippen LogP contribution in [0.1, 0.15) is 46.9 Å². The van der Waals surface area contributed by atoms with Crippen molar-refractivity contribution < 1.29 is 9.21 Å². The molecule has 1 amide bonds. The van der Waals surface area contributed by atoms with Crippen molar-refractivity contribution >= 4 is 17.2 Å². The Labute approximate surface area is 154 Å². The second-order valence-electron chi connectivity index (χ2n) is 6.59. The van der Waals surface area contributed by atoms with Crippen LogP contribution in [0, 0.1) is 0 Å². The molecule has 0 aromatic carbocycles. The molecule has 1 fully saturated rings. The Bertz CT molecular complexity index is 972. The fourth-order valence-corrected chi connectivity index (χ4v) is 4.46. The molecule has 0 aliphatic carbocycles. The number of hydrogen-bond donors (Lipinski definition) is 1. The first-order valence-corrected chi connectivity index (χ1v) is 9.77. The zero-order valence-electron chi connectivity index (χ0n) is 14.4. The summed E-state index contributed by atoms with van der Waals surface area (Å²) in [5.74, 6) is 1.42. The third kappa shape index (κ3) is 2.25. The Kier molecular flexibility index (Phi) is 3.68. The van der Waals surface area contributed by atoms with Crippen LogP contribution in [0.15, 0.2) is 28.4 Å². The molecule has 5 rings (SSSR count). The van der Waals surface area contributed by atoms with Gasteiger partial charge in [0.2, 0.25) is 5.89 Å². The van der Waals surface area contributed by atoms with E-state index in [4.69, 9.17) is 4.42 Å². The number of oxazole rings is 1. The minimum absolute atomic E-state index is 0.0353. The lowest BCUT2D eigenvalue weighted by Gasteiger charge is -2.39. The van der Waals surface area contributed by atoms with Crippen LogP contribution in [0.2, 0.25) is 0 Å². The lowest BCUT2D eigenvalue weighted by Crippen LogP contribution is -2.44. The first-order chi connectivity index (χ1) is 12.8. The zero-order chi connectivity index (χ0) is 17.7. The molecule has 1 saturated heterocycles. The summed E-state index contributed by atoms with van der Waals surface area (Å²) in [5, 5.41) is 5.27. The topological polar surface area (TPSA) is 76.2 Å². The number of carbonyl (C=O) groups is 1. The smallest absolute Gasteiger partial charge is 0.266 e. The highest BCUT2D eigenvalue weighted by molar-refractivity contribution is 7.12. The lowest BCUT2D eigenvalue weighted by molar-refractivity contribution is 0.0466. The second-order valence-corrected chi connectivity index (χ2v) is 7.51. The molecule has 0 radical (unpaired) electrons. The molecular formula is C18H19N5O2S. The van der Waals surface area contributed by atoms with Gasteiger partial charge in [0.25, 0.3) is 5.91 Å². The molecule has 3 aromatic heterocycles. The number of hydrogen-bond acceptors (Lipinski definition) is 6. The van der Waals surface area contributed by atoms with E-state index in [1.807, 2.05) is 20.9 Å². The number of carbonyl (C=O) groups excluding carboxylic acids is 1. The predicted molar refractivity (Wildman–Crippen MR) is 97.3 cm³/mol. The van der Waals surface area contributed by atoms with Gasteiger partial charge in [0.1, 0.15) is 22.7 Å². The summed E-state index contributed by atoms with van der Waals surface area (Å²) in [6, 6.07) is 2.02. The first kappa shape index (κ1) is 15.8. The van der Waals surface area contributed by atoms with Crippen LogP contribution < -0.4 is 5.32 Å². The molecule has 3 aromatic rings. The Morgan fingerprint density at radius 1 is 1.42 bits per heavy atom. The van der Waals surface area contributed by atoms with E-state index in [1.165, 1.54) is 11.3 Å². The highest BCUT2D eigenvalue weighted by atomic mass is 32.1. The number of aromatic nitrogens is 3. The van der Waals surface area contributed by atoms with Crippen LogP contribution in [0.25, 0.3) is 17.3 Å². The van der Waals surface area contributed by atoms with E-state index in [1.54, 1.807) is 12.5 Å². The molecule has 26 heavy (non-hydrogen) atoms. The number of nitrogens with one attached hydrogen (secondary N) is 1. The van der Waals surface area contributed by atoms with Gasteiger partial charge in [-0.25, -0.2) is 9.97 Å². The average molecular weight is 369 g/mol. The van der Waals surface area contributed by atoms with Gasteiger partial charge in [0.05, 0.1) is 30.2 Å². The number of imidazole rings is 1. The van der Waals surface area contributed by atoms with Crippen molar-refractivity contribution in [2.75, 3.05) is 13.1 Å². The Morgan fingerprint density at radius 3 is 3.15 bits per heavy atom. The minimum atomic E-state index is 0.0353. The SMILES string of the molecule is CCCNCc1cnc(-c2ncn3c2[C@@H]2CCN2C(=O)c2sccc2-3)o1. The highest BCUT2D eigenvalue weighted by Gasteiger charge is 2.42. The Balaban J connectivity index is 1.56. The summed E-state index contributed by atoms with van der Waals surface area (Å²) >= 11 is 1.48. The highest BCUT2D eigenvalue weighted by Crippen LogP contribution is 2.44. The van der Waals surface area contributed by atoms with Crippen LogP contribution >= 0.6 is 11.3 Å². The van der Waals surface area contributed by atoms with E-state index < -0.39 is 0 Å². The number of rotatable bonds is 5. The standard InChI is InChI=1S/C18H19N5O2S/c1-2-5-19-8-11-9-20-17(25-11)14-15-12-3-6-22(12)18(24)16-13(4-7-26-16)23(15)10-21-14/h4,7,9-10,12,19H,2-3,5-6,8H2,1H3/t12-/m0/s1. The van der Waals surface area contributed by atoms with E-state index >= 15 is 0 Å². The van der Waals surface area contributed by atoms with Gasteiger partial charge in [0.15, 0.2) is 0 Å². The maximum Gasteiger partial charge on any atom is 0.266 e. The van der Waals surface area contributed by atoms with Gasteiger partial charge in [-0.1, -0.05) is 6.92 Å². The minimum Gasteiger partial charge on any atom is -0.438 e. The van der Waals surface area contributed by atoms with Gasteiger partial charge < -0.3 is 14.6 Å². The Morgan fingerprint density at radius 2 is 2.35 bits per heavy atom. The fourth-order valence-electron chi connectivity index (χ4n) is 3.62. The zero-order valence-corrected chi connectivity index (χ0v) is 15.3. The first-order valence-electron chi connectivity index (χ1n) is 8.89. The summed E-state index contributed by atoms with van der Waals surface area (Å²) < 4.78 is 7.97. The average Bonchev–Trinajstić information content (AvgIpc) is 3.31. The van der Waals surface area contributed by atoms with E-state index in [-0.39, 0.29) is 11.9 Å². The summed E-state index contributed by atoms with van der Waals surface area (Å²) in [5.41, 5.74) is 2.63. The molecule has 0 spiro atoms. The van der Waals surface area contributed by atoms with E-state index in [9.17, 15) is 4.79 Å². The maximum atomic E-state index is 12.8. The van der Waals surface area contributed by atoms with E-state index in [2.05, 4.69) is 22.2 Å². The van der Waals surface area contributed by atoms with Gasteiger partial charge in [0, 0.05) is 6.54 Å². The molecule has 7 nitrogen and oxygen atoms in total. The van der Waals surface area contributed by atoms with Crippen molar-refractivity contribution in [1.29, 1.82) is 0 Å². The third-order valence-electron chi connectivity index (χ3n) is 4.98. The van der Waals surface area contributed by atoms with Crippen molar-refractivity contribution in [3.05, 3.63) is 40.3 Å². The molecule has 134 valence electrons. The summed E-state index contributed by atoms with van der Waals surface area (Å²) in [7, 11) is 0. The molecule has 8 heteroatoms. The van der Waals surface area contributed by atoms with Crippen molar-refractivity contribution in [2.45, 2.75) is 32.4 Å². The number of nitrogens with zero attached hydrogens (tertiary/aromatic N) is 4. The molecule has 5 heterocycles.